The number of amidine groups is 1. The molecule has 1 heterocycles. The Morgan fingerprint density at radius 1 is 1.43 bits per heavy atom. The minimum absolute atomic E-state index is 0.324. The van der Waals surface area contributed by atoms with E-state index < -0.39 is 5.54 Å². The van der Waals surface area contributed by atoms with Crippen molar-refractivity contribution in [3.63, 3.8) is 0 Å². The highest BCUT2D eigenvalue weighted by Gasteiger charge is 2.52. The van der Waals surface area contributed by atoms with Gasteiger partial charge in [-0.1, -0.05) is 30.2 Å². The third kappa shape index (κ3) is 1.84. The summed E-state index contributed by atoms with van der Waals surface area (Å²) in [6.07, 6.45) is 9.42. The van der Waals surface area contributed by atoms with Crippen molar-refractivity contribution >= 4 is 11.9 Å². The number of carbonyl (C=O) groups is 1. The highest BCUT2D eigenvalue weighted by Crippen LogP contribution is 2.43. The van der Waals surface area contributed by atoms with Gasteiger partial charge >= 0.3 is 6.03 Å². The van der Waals surface area contributed by atoms with Crippen molar-refractivity contribution in [2.45, 2.75) is 44.2 Å². The predicted molar refractivity (Wildman–Crippen MR) is 82.8 cm³/mol. The number of hydrogen-bond acceptors (Lipinski definition) is 2. The van der Waals surface area contributed by atoms with E-state index in [9.17, 15) is 4.79 Å². The first kappa shape index (κ1) is 13.7. The normalized spacial score (nSPS) is 26.0. The third-order valence-electron chi connectivity index (χ3n) is 4.58. The topological polar surface area (TPSA) is 58.7 Å². The van der Waals surface area contributed by atoms with Crippen LogP contribution in [0.3, 0.4) is 0 Å². The summed E-state index contributed by atoms with van der Waals surface area (Å²) >= 11 is 0. The highest BCUT2D eigenvalue weighted by atomic mass is 16.2. The van der Waals surface area contributed by atoms with Crippen molar-refractivity contribution in [1.29, 1.82) is 0 Å². The van der Waals surface area contributed by atoms with E-state index in [1.54, 1.807) is 4.90 Å². The van der Waals surface area contributed by atoms with Crippen molar-refractivity contribution in [2.24, 2.45) is 10.7 Å². The fourth-order valence-electron chi connectivity index (χ4n) is 3.60. The van der Waals surface area contributed by atoms with Crippen LogP contribution < -0.4 is 5.73 Å². The van der Waals surface area contributed by atoms with Gasteiger partial charge in [0.15, 0.2) is 0 Å². The van der Waals surface area contributed by atoms with Gasteiger partial charge in [-0.2, -0.15) is 4.99 Å². The molecular weight excluding hydrogens is 262 g/mol. The molecule has 1 aromatic carbocycles. The van der Waals surface area contributed by atoms with Gasteiger partial charge in [0.1, 0.15) is 11.4 Å². The predicted octanol–water partition coefficient (Wildman–Crippen LogP) is 2.42. The lowest BCUT2D eigenvalue weighted by atomic mass is 9.81. The number of aryl methyl sites for hydroxylation is 1. The quantitative estimate of drug-likeness (QED) is 0.804. The van der Waals surface area contributed by atoms with E-state index in [0.717, 1.165) is 31.2 Å². The van der Waals surface area contributed by atoms with Crippen LogP contribution in [0.5, 0.6) is 0 Å². The number of urea groups is 1. The Bertz CT molecular complexity index is 658. The lowest BCUT2D eigenvalue weighted by molar-refractivity contribution is 0.151. The summed E-state index contributed by atoms with van der Waals surface area (Å²) in [7, 11) is 0. The van der Waals surface area contributed by atoms with Crippen LogP contribution in [0.4, 0.5) is 4.79 Å². The number of benzene rings is 1. The molecule has 4 heteroatoms. The van der Waals surface area contributed by atoms with Crippen molar-refractivity contribution in [3.8, 4) is 12.3 Å². The Hall–Kier alpha value is -2.28. The van der Waals surface area contributed by atoms with Crippen LogP contribution in [-0.2, 0) is 12.0 Å². The molecule has 4 nitrogen and oxygen atoms in total. The molecule has 0 aromatic heterocycles. The lowest BCUT2D eigenvalue weighted by Gasteiger charge is -2.40. The fraction of sp³-hybridized carbons (Fsp3) is 0.412. The number of carbonyl (C=O) groups excluding carboxylic acids is 1. The minimum atomic E-state index is -0.671. The van der Waals surface area contributed by atoms with Gasteiger partial charge in [0.25, 0.3) is 0 Å². The van der Waals surface area contributed by atoms with Crippen LogP contribution >= 0.6 is 0 Å². The van der Waals surface area contributed by atoms with Crippen molar-refractivity contribution in [3.05, 3.63) is 35.4 Å². The molecule has 0 saturated carbocycles. The Labute approximate surface area is 125 Å². The fourth-order valence-corrected chi connectivity index (χ4v) is 3.60. The number of terminal acetylenes is 1. The zero-order valence-electron chi connectivity index (χ0n) is 12.2. The van der Waals surface area contributed by atoms with Crippen LogP contribution in [0.2, 0.25) is 0 Å². The number of nitrogens with two attached hydrogens (primary N) is 1. The molecule has 0 saturated heterocycles. The van der Waals surface area contributed by atoms with Gasteiger partial charge in [0, 0.05) is 0 Å². The standard InChI is InChI=1S/C17H19N3O/c1-3-12(2)20-16(21)19-15(18)17(20)11-7-6-9-13-8-4-5-10-14(13)17/h1,4-5,8,10,12H,6-7,9,11H2,2H3,(H2,18,19,21). The molecular formula is C17H19N3O. The van der Waals surface area contributed by atoms with Gasteiger partial charge in [-0.3, -0.25) is 4.90 Å². The molecule has 1 aliphatic carbocycles. The molecule has 2 unspecified atom stereocenters. The Morgan fingerprint density at radius 3 is 2.95 bits per heavy atom. The summed E-state index contributed by atoms with van der Waals surface area (Å²) in [4.78, 5) is 18.1. The van der Waals surface area contributed by atoms with E-state index >= 15 is 0 Å². The molecule has 108 valence electrons. The van der Waals surface area contributed by atoms with Gasteiger partial charge in [-0.25, -0.2) is 4.79 Å². The summed E-state index contributed by atoms with van der Waals surface area (Å²) in [5, 5.41) is 0. The monoisotopic (exact) mass is 281 g/mol. The second-order valence-corrected chi connectivity index (χ2v) is 5.72. The number of nitrogens with zero attached hydrogens (tertiary/aromatic N) is 2. The number of fused-ring (bicyclic) bond motifs is 2. The van der Waals surface area contributed by atoms with Crippen LogP contribution in [0, 0.1) is 12.3 Å². The molecule has 1 aromatic rings. The van der Waals surface area contributed by atoms with E-state index in [4.69, 9.17) is 12.2 Å². The molecule has 0 radical (unpaired) electrons. The maximum atomic E-state index is 12.3. The Morgan fingerprint density at radius 2 is 2.19 bits per heavy atom. The molecule has 1 spiro atoms. The average Bonchev–Trinajstić information content (AvgIpc) is 2.64. The van der Waals surface area contributed by atoms with E-state index in [1.165, 1.54) is 5.56 Å². The van der Waals surface area contributed by atoms with E-state index in [2.05, 4.69) is 23.0 Å². The first-order valence-electron chi connectivity index (χ1n) is 7.33. The van der Waals surface area contributed by atoms with Crippen molar-refractivity contribution in [2.75, 3.05) is 0 Å². The molecule has 21 heavy (non-hydrogen) atoms. The number of rotatable bonds is 1. The van der Waals surface area contributed by atoms with Crippen LogP contribution in [0.1, 0.15) is 37.3 Å². The van der Waals surface area contributed by atoms with Crippen LogP contribution in [-0.4, -0.2) is 22.8 Å². The first-order valence-corrected chi connectivity index (χ1v) is 7.33. The molecule has 2 N–H and O–H groups in total. The molecule has 2 atom stereocenters. The molecule has 0 fully saturated rings. The highest BCUT2D eigenvalue weighted by molar-refractivity contribution is 6.06. The summed E-state index contributed by atoms with van der Waals surface area (Å²) in [5.41, 5.74) is 7.86. The number of aliphatic imine (C=N–C) groups is 1. The van der Waals surface area contributed by atoms with Gasteiger partial charge in [-0.05, 0) is 43.7 Å². The largest absolute Gasteiger partial charge is 0.385 e. The summed E-state index contributed by atoms with van der Waals surface area (Å²) in [6, 6.07) is 7.51. The van der Waals surface area contributed by atoms with E-state index in [-0.39, 0.29) is 12.1 Å². The van der Waals surface area contributed by atoms with Gasteiger partial charge in [0.2, 0.25) is 0 Å². The van der Waals surface area contributed by atoms with E-state index in [1.807, 2.05) is 19.1 Å². The van der Waals surface area contributed by atoms with Gasteiger partial charge < -0.3 is 5.73 Å². The molecule has 0 bridgehead atoms. The van der Waals surface area contributed by atoms with Crippen LogP contribution in [0.25, 0.3) is 0 Å². The summed E-state index contributed by atoms with van der Waals surface area (Å²) in [6.45, 7) is 1.85. The third-order valence-corrected chi connectivity index (χ3v) is 4.58. The maximum Gasteiger partial charge on any atom is 0.347 e. The van der Waals surface area contributed by atoms with Crippen molar-refractivity contribution < 1.29 is 4.79 Å². The second-order valence-electron chi connectivity index (χ2n) is 5.72. The van der Waals surface area contributed by atoms with Crippen LogP contribution in [0.15, 0.2) is 29.3 Å². The van der Waals surface area contributed by atoms with Crippen molar-refractivity contribution in [1.82, 2.24) is 4.90 Å². The zero-order chi connectivity index (χ0) is 15.0. The Balaban J connectivity index is 2.24. The average molecular weight is 281 g/mol. The van der Waals surface area contributed by atoms with E-state index in [0.29, 0.717) is 5.84 Å². The summed E-state index contributed by atoms with van der Waals surface area (Å²) in [5.74, 6) is 3.04. The number of hydrogen-bond donors (Lipinski definition) is 1. The van der Waals surface area contributed by atoms with Gasteiger partial charge in [-0.15, -0.1) is 6.42 Å². The zero-order valence-corrected chi connectivity index (χ0v) is 12.2. The maximum absolute atomic E-state index is 12.3. The second kappa shape index (κ2) is 4.92. The first-order chi connectivity index (χ1) is 10.1. The Kier molecular flexibility index (Phi) is 3.21. The molecule has 2 amide bonds. The SMILES string of the molecule is C#CC(C)N1C(=O)N=C(N)C12CCCCc1ccccc12. The minimum Gasteiger partial charge on any atom is -0.385 e. The summed E-state index contributed by atoms with van der Waals surface area (Å²) < 4.78 is 0. The molecule has 2 aliphatic rings. The molecule has 3 rings (SSSR count). The van der Waals surface area contributed by atoms with Gasteiger partial charge in [0.05, 0.1) is 6.04 Å². The molecule has 1 aliphatic heterocycles. The number of amides is 2. The lowest BCUT2D eigenvalue weighted by Crippen LogP contribution is -2.54. The smallest absolute Gasteiger partial charge is 0.347 e.